The third kappa shape index (κ3) is 2.42. The third-order valence-electron chi connectivity index (χ3n) is 2.51. The van der Waals surface area contributed by atoms with Gasteiger partial charge in [-0.1, -0.05) is 50.6 Å². The fourth-order valence-corrected chi connectivity index (χ4v) is 1.25. The minimum Gasteiger partial charge on any atom is -0.385 e. The van der Waals surface area contributed by atoms with Crippen molar-refractivity contribution in [3.63, 3.8) is 0 Å². The summed E-state index contributed by atoms with van der Waals surface area (Å²) in [6, 6.07) is 8.92. The Bertz CT molecular complexity index is 292. The zero-order valence-corrected chi connectivity index (χ0v) is 8.60. The van der Waals surface area contributed by atoms with E-state index in [1.807, 2.05) is 19.9 Å². The molecular formula is C12H16O2. The number of carbonyl (C=O) groups excluding carboxylic acids is 1. The van der Waals surface area contributed by atoms with Crippen molar-refractivity contribution in [2.75, 3.05) is 0 Å². The highest BCUT2D eigenvalue weighted by atomic mass is 16.3. The lowest BCUT2D eigenvalue weighted by atomic mass is 9.94. The summed E-state index contributed by atoms with van der Waals surface area (Å²) >= 11 is 0. The number of hydrogen-bond donors (Lipinski definition) is 1. The Morgan fingerprint density at radius 1 is 1.36 bits per heavy atom. The number of rotatable bonds is 4. The van der Waals surface area contributed by atoms with Gasteiger partial charge >= 0.3 is 0 Å². The van der Waals surface area contributed by atoms with Crippen LogP contribution in [-0.2, 0) is 0 Å². The molecule has 0 aliphatic heterocycles. The summed E-state index contributed by atoms with van der Waals surface area (Å²) in [5, 5.41) is 9.69. The van der Waals surface area contributed by atoms with Gasteiger partial charge in [-0.3, -0.25) is 4.79 Å². The van der Waals surface area contributed by atoms with E-state index in [0.29, 0.717) is 5.56 Å². The molecule has 76 valence electrons. The molecule has 1 rings (SSSR count). The topological polar surface area (TPSA) is 37.3 Å². The van der Waals surface area contributed by atoms with Crippen LogP contribution in [0.2, 0.25) is 0 Å². The molecule has 0 aliphatic carbocycles. The van der Waals surface area contributed by atoms with E-state index in [2.05, 4.69) is 0 Å². The van der Waals surface area contributed by atoms with Crippen LogP contribution in [0.1, 0.15) is 30.6 Å². The summed E-state index contributed by atoms with van der Waals surface area (Å²) < 4.78 is 0. The fraction of sp³-hybridized carbons (Fsp3) is 0.417. The molecule has 0 bridgehead atoms. The lowest BCUT2D eigenvalue weighted by Crippen LogP contribution is -2.27. The van der Waals surface area contributed by atoms with Crippen molar-refractivity contribution in [2.45, 2.75) is 26.4 Å². The zero-order valence-electron chi connectivity index (χ0n) is 8.60. The highest BCUT2D eigenvalue weighted by molar-refractivity contribution is 5.99. The number of hydrogen-bond acceptors (Lipinski definition) is 2. The SMILES string of the molecule is CC[C@H](C)[C@@H](O)C(=O)c1ccccc1. The lowest BCUT2D eigenvalue weighted by Gasteiger charge is -2.15. The first-order valence-corrected chi connectivity index (χ1v) is 4.94. The van der Waals surface area contributed by atoms with Crippen LogP contribution >= 0.6 is 0 Å². The number of carbonyl (C=O) groups is 1. The minimum absolute atomic E-state index is 0.0164. The highest BCUT2D eigenvalue weighted by Crippen LogP contribution is 2.13. The molecule has 0 saturated heterocycles. The van der Waals surface area contributed by atoms with E-state index in [4.69, 9.17) is 0 Å². The van der Waals surface area contributed by atoms with E-state index in [1.54, 1.807) is 24.3 Å². The molecule has 2 nitrogen and oxygen atoms in total. The smallest absolute Gasteiger partial charge is 0.191 e. The summed E-state index contributed by atoms with van der Waals surface area (Å²) in [5.41, 5.74) is 0.584. The molecule has 0 amide bonds. The van der Waals surface area contributed by atoms with Crippen molar-refractivity contribution >= 4 is 5.78 Å². The van der Waals surface area contributed by atoms with Gasteiger partial charge < -0.3 is 5.11 Å². The van der Waals surface area contributed by atoms with E-state index in [1.165, 1.54) is 0 Å². The van der Waals surface area contributed by atoms with Gasteiger partial charge in [0.15, 0.2) is 5.78 Å². The first-order chi connectivity index (χ1) is 6.66. The summed E-state index contributed by atoms with van der Waals surface area (Å²) in [7, 11) is 0. The summed E-state index contributed by atoms with van der Waals surface area (Å²) in [6.07, 6.45) is -0.0675. The Morgan fingerprint density at radius 3 is 2.43 bits per heavy atom. The van der Waals surface area contributed by atoms with Gasteiger partial charge in [0, 0.05) is 5.56 Å². The van der Waals surface area contributed by atoms with Crippen LogP contribution in [0.15, 0.2) is 30.3 Å². The molecule has 2 atom stereocenters. The second-order valence-corrected chi connectivity index (χ2v) is 3.56. The average molecular weight is 192 g/mol. The summed E-state index contributed by atoms with van der Waals surface area (Å²) in [4.78, 5) is 11.7. The molecular weight excluding hydrogens is 176 g/mol. The first kappa shape index (κ1) is 10.9. The van der Waals surface area contributed by atoms with Crippen molar-refractivity contribution in [1.29, 1.82) is 0 Å². The molecule has 2 heteroatoms. The van der Waals surface area contributed by atoms with Crippen LogP contribution in [-0.4, -0.2) is 17.0 Å². The molecule has 0 saturated carbocycles. The van der Waals surface area contributed by atoms with Gasteiger partial charge in [0.1, 0.15) is 6.10 Å². The summed E-state index contributed by atoms with van der Waals surface area (Å²) in [5.74, 6) is -0.164. The molecule has 0 radical (unpaired) electrons. The van der Waals surface area contributed by atoms with E-state index < -0.39 is 6.10 Å². The molecule has 0 spiro atoms. The Hall–Kier alpha value is -1.15. The lowest BCUT2D eigenvalue weighted by molar-refractivity contribution is 0.0620. The monoisotopic (exact) mass is 192 g/mol. The second kappa shape index (κ2) is 4.91. The van der Waals surface area contributed by atoms with Crippen LogP contribution in [0.4, 0.5) is 0 Å². The molecule has 0 heterocycles. The van der Waals surface area contributed by atoms with Gasteiger partial charge in [-0.05, 0) is 5.92 Å². The van der Waals surface area contributed by atoms with Crippen molar-refractivity contribution in [3.8, 4) is 0 Å². The molecule has 1 aromatic carbocycles. The second-order valence-electron chi connectivity index (χ2n) is 3.56. The maximum absolute atomic E-state index is 11.7. The van der Waals surface area contributed by atoms with Gasteiger partial charge in [0.05, 0.1) is 0 Å². The van der Waals surface area contributed by atoms with Gasteiger partial charge in [-0.2, -0.15) is 0 Å². The average Bonchev–Trinajstić information content (AvgIpc) is 2.27. The predicted octanol–water partition coefficient (Wildman–Crippen LogP) is 2.28. The number of Topliss-reactive ketones (excluding diaryl/α,β-unsaturated/α-hetero) is 1. The van der Waals surface area contributed by atoms with Gasteiger partial charge in [0.2, 0.25) is 0 Å². The number of ketones is 1. The van der Waals surface area contributed by atoms with E-state index in [-0.39, 0.29) is 11.7 Å². The Balaban J connectivity index is 2.76. The van der Waals surface area contributed by atoms with Crippen LogP contribution in [0.25, 0.3) is 0 Å². The molecule has 0 aliphatic rings. The summed E-state index contributed by atoms with van der Waals surface area (Å²) in [6.45, 7) is 3.84. The van der Waals surface area contributed by atoms with Crippen LogP contribution < -0.4 is 0 Å². The quantitative estimate of drug-likeness (QED) is 0.743. The van der Waals surface area contributed by atoms with Crippen molar-refractivity contribution in [2.24, 2.45) is 5.92 Å². The maximum Gasteiger partial charge on any atom is 0.191 e. The molecule has 0 unspecified atom stereocenters. The highest BCUT2D eigenvalue weighted by Gasteiger charge is 2.21. The third-order valence-corrected chi connectivity index (χ3v) is 2.51. The van der Waals surface area contributed by atoms with Crippen molar-refractivity contribution in [3.05, 3.63) is 35.9 Å². The van der Waals surface area contributed by atoms with Gasteiger partial charge in [-0.15, -0.1) is 0 Å². The minimum atomic E-state index is -0.873. The Labute approximate surface area is 84.6 Å². The fourth-order valence-electron chi connectivity index (χ4n) is 1.25. The standard InChI is InChI=1S/C12H16O2/c1-3-9(2)11(13)12(14)10-7-5-4-6-8-10/h4-9,11,13H,3H2,1-2H3/t9-,11+/m0/s1. The van der Waals surface area contributed by atoms with Crippen LogP contribution in [0, 0.1) is 5.92 Å². The van der Waals surface area contributed by atoms with Crippen LogP contribution in [0.5, 0.6) is 0 Å². The predicted molar refractivity (Wildman–Crippen MR) is 56.2 cm³/mol. The molecule has 1 N–H and O–H groups in total. The van der Waals surface area contributed by atoms with Crippen LogP contribution in [0.3, 0.4) is 0 Å². The first-order valence-electron chi connectivity index (χ1n) is 4.94. The Kier molecular flexibility index (Phi) is 3.84. The molecule has 0 aromatic heterocycles. The Morgan fingerprint density at radius 2 is 1.93 bits per heavy atom. The largest absolute Gasteiger partial charge is 0.385 e. The number of aliphatic hydroxyl groups excluding tert-OH is 1. The van der Waals surface area contributed by atoms with Crippen molar-refractivity contribution in [1.82, 2.24) is 0 Å². The van der Waals surface area contributed by atoms with E-state index in [9.17, 15) is 9.90 Å². The number of benzene rings is 1. The normalized spacial score (nSPS) is 14.8. The van der Waals surface area contributed by atoms with Gasteiger partial charge in [-0.25, -0.2) is 0 Å². The molecule has 14 heavy (non-hydrogen) atoms. The van der Waals surface area contributed by atoms with E-state index in [0.717, 1.165) is 6.42 Å². The molecule has 1 aromatic rings. The maximum atomic E-state index is 11.7. The van der Waals surface area contributed by atoms with Crippen molar-refractivity contribution < 1.29 is 9.90 Å². The molecule has 0 fully saturated rings. The zero-order chi connectivity index (χ0) is 10.6. The van der Waals surface area contributed by atoms with E-state index >= 15 is 0 Å². The van der Waals surface area contributed by atoms with Gasteiger partial charge in [0.25, 0.3) is 0 Å². The number of aliphatic hydroxyl groups is 1.